The summed E-state index contributed by atoms with van der Waals surface area (Å²) in [6.07, 6.45) is 0. The Hall–Kier alpha value is -0.730. The molecule has 0 unspecified atom stereocenters. The average molecular weight is 214 g/mol. The maximum Gasteiger partial charge on any atom is 0.119 e. The summed E-state index contributed by atoms with van der Waals surface area (Å²) >= 11 is 5.75. The summed E-state index contributed by atoms with van der Waals surface area (Å²) in [6, 6.07) is 7.34. The van der Waals surface area contributed by atoms with Crippen molar-refractivity contribution in [2.75, 3.05) is 13.2 Å². The highest BCUT2D eigenvalue weighted by atomic mass is 35.5. The topological polar surface area (TPSA) is 35.2 Å². The Morgan fingerprint density at radius 1 is 1.29 bits per heavy atom. The molecule has 0 bridgehead atoms. The predicted molar refractivity (Wildman–Crippen MR) is 59.8 cm³/mol. The van der Waals surface area contributed by atoms with Crippen molar-refractivity contribution in [3.8, 4) is 5.75 Å². The fourth-order valence-electron chi connectivity index (χ4n) is 0.868. The highest BCUT2D eigenvalue weighted by molar-refractivity contribution is 6.30. The van der Waals surface area contributed by atoms with Crippen LogP contribution >= 0.6 is 11.6 Å². The van der Waals surface area contributed by atoms with Crippen LogP contribution in [0.1, 0.15) is 13.8 Å². The molecule has 0 heterocycles. The first-order valence-corrected chi connectivity index (χ1v) is 5.00. The van der Waals surface area contributed by atoms with Crippen molar-refractivity contribution in [1.82, 2.24) is 0 Å². The van der Waals surface area contributed by atoms with Crippen molar-refractivity contribution >= 4 is 11.6 Å². The van der Waals surface area contributed by atoms with Crippen LogP contribution < -0.4 is 10.5 Å². The molecule has 0 aliphatic heterocycles. The third kappa shape index (κ3) is 3.56. The third-order valence-corrected chi connectivity index (χ3v) is 2.25. The van der Waals surface area contributed by atoms with Crippen LogP contribution in [-0.4, -0.2) is 13.2 Å². The molecule has 2 N–H and O–H groups in total. The Bertz CT molecular complexity index is 282. The first-order chi connectivity index (χ1) is 6.53. The number of ether oxygens (including phenoxy) is 1. The number of hydrogen-bond acceptors (Lipinski definition) is 2. The molecule has 1 aromatic rings. The summed E-state index contributed by atoms with van der Waals surface area (Å²) in [4.78, 5) is 0. The normalized spacial score (nSPS) is 11.4. The largest absolute Gasteiger partial charge is 0.493 e. The van der Waals surface area contributed by atoms with Crippen LogP contribution in [0.15, 0.2) is 24.3 Å². The minimum Gasteiger partial charge on any atom is -0.493 e. The molecule has 0 radical (unpaired) electrons. The van der Waals surface area contributed by atoms with Crippen LogP contribution in [0.25, 0.3) is 0 Å². The van der Waals surface area contributed by atoms with Gasteiger partial charge in [-0.15, -0.1) is 0 Å². The Balaban J connectivity index is 2.50. The maximum atomic E-state index is 5.75. The van der Waals surface area contributed by atoms with Crippen molar-refractivity contribution in [3.63, 3.8) is 0 Å². The summed E-state index contributed by atoms with van der Waals surface area (Å²) in [5.41, 5.74) is 5.61. The smallest absolute Gasteiger partial charge is 0.119 e. The molecule has 3 heteroatoms. The standard InChI is InChI=1S/C11H16ClNO/c1-11(2,7-13)8-14-10-5-3-9(12)4-6-10/h3-6H,7-8,13H2,1-2H3. The van der Waals surface area contributed by atoms with Crippen LogP contribution in [0.3, 0.4) is 0 Å². The first kappa shape index (κ1) is 11.3. The minimum atomic E-state index is 0.0135. The second-order valence-corrected chi connectivity index (χ2v) is 4.55. The van der Waals surface area contributed by atoms with E-state index in [9.17, 15) is 0 Å². The van der Waals surface area contributed by atoms with Gasteiger partial charge in [0, 0.05) is 17.0 Å². The second-order valence-electron chi connectivity index (χ2n) is 4.11. The molecule has 0 aliphatic carbocycles. The van der Waals surface area contributed by atoms with Gasteiger partial charge in [0.15, 0.2) is 0 Å². The van der Waals surface area contributed by atoms with Crippen LogP contribution in [0.4, 0.5) is 0 Å². The number of rotatable bonds is 4. The first-order valence-electron chi connectivity index (χ1n) is 4.62. The lowest BCUT2D eigenvalue weighted by Crippen LogP contribution is -2.30. The average Bonchev–Trinajstić information content (AvgIpc) is 2.17. The molecule has 0 saturated carbocycles. The molecule has 0 aromatic heterocycles. The lowest BCUT2D eigenvalue weighted by molar-refractivity contribution is 0.187. The number of hydrogen-bond donors (Lipinski definition) is 1. The van der Waals surface area contributed by atoms with E-state index < -0.39 is 0 Å². The molecular formula is C11H16ClNO. The van der Waals surface area contributed by atoms with Gasteiger partial charge in [0.2, 0.25) is 0 Å². The van der Waals surface area contributed by atoms with Gasteiger partial charge in [0.05, 0.1) is 6.61 Å². The molecular weight excluding hydrogens is 198 g/mol. The van der Waals surface area contributed by atoms with E-state index in [2.05, 4.69) is 13.8 Å². The van der Waals surface area contributed by atoms with Crippen LogP contribution in [0, 0.1) is 5.41 Å². The van der Waals surface area contributed by atoms with Gasteiger partial charge < -0.3 is 10.5 Å². The molecule has 1 aromatic carbocycles. The third-order valence-electron chi connectivity index (χ3n) is 2.00. The van der Waals surface area contributed by atoms with E-state index in [0.29, 0.717) is 13.2 Å². The molecule has 0 aliphatic rings. The number of halogens is 1. The second kappa shape index (κ2) is 4.67. The van der Waals surface area contributed by atoms with Gasteiger partial charge in [-0.05, 0) is 24.3 Å². The Kier molecular flexibility index (Phi) is 3.78. The van der Waals surface area contributed by atoms with E-state index in [0.717, 1.165) is 10.8 Å². The van der Waals surface area contributed by atoms with Gasteiger partial charge in [-0.25, -0.2) is 0 Å². The Labute approximate surface area is 90.0 Å². The van der Waals surface area contributed by atoms with Crippen LogP contribution in [-0.2, 0) is 0 Å². The number of benzene rings is 1. The predicted octanol–water partition coefficient (Wildman–Crippen LogP) is 2.70. The van der Waals surface area contributed by atoms with E-state index in [-0.39, 0.29) is 5.41 Å². The zero-order chi connectivity index (χ0) is 10.6. The molecule has 1 rings (SSSR count). The summed E-state index contributed by atoms with van der Waals surface area (Å²) in [6.45, 7) is 5.37. The summed E-state index contributed by atoms with van der Waals surface area (Å²) < 4.78 is 5.58. The molecule has 0 amide bonds. The molecule has 0 saturated heterocycles. The van der Waals surface area contributed by atoms with Crippen LogP contribution in [0.2, 0.25) is 5.02 Å². The fraction of sp³-hybridized carbons (Fsp3) is 0.455. The molecule has 0 fully saturated rings. The van der Waals surface area contributed by atoms with Crippen molar-refractivity contribution in [2.45, 2.75) is 13.8 Å². The Morgan fingerprint density at radius 2 is 1.86 bits per heavy atom. The summed E-state index contributed by atoms with van der Waals surface area (Å²) in [5, 5.41) is 0.718. The SMILES string of the molecule is CC(C)(CN)COc1ccc(Cl)cc1. The summed E-state index contributed by atoms with van der Waals surface area (Å²) in [5.74, 6) is 0.830. The van der Waals surface area contributed by atoms with Gasteiger partial charge >= 0.3 is 0 Å². The number of nitrogens with two attached hydrogens (primary N) is 1. The van der Waals surface area contributed by atoms with Crippen LogP contribution in [0.5, 0.6) is 5.75 Å². The lowest BCUT2D eigenvalue weighted by atomic mass is 9.95. The molecule has 78 valence electrons. The molecule has 14 heavy (non-hydrogen) atoms. The van der Waals surface area contributed by atoms with Crippen molar-refractivity contribution < 1.29 is 4.74 Å². The monoisotopic (exact) mass is 213 g/mol. The van der Waals surface area contributed by atoms with Gasteiger partial charge in [0.25, 0.3) is 0 Å². The quantitative estimate of drug-likeness (QED) is 0.835. The van der Waals surface area contributed by atoms with E-state index >= 15 is 0 Å². The van der Waals surface area contributed by atoms with E-state index in [1.807, 2.05) is 24.3 Å². The highest BCUT2D eigenvalue weighted by Gasteiger charge is 2.16. The fourth-order valence-corrected chi connectivity index (χ4v) is 0.994. The maximum absolute atomic E-state index is 5.75. The minimum absolute atomic E-state index is 0.0135. The molecule has 2 nitrogen and oxygen atoms in total. The van der Waals surface area contributed by atoms with Crippen molar-refractivity contribution in [3.05, 3.63) is 29.3 Å². The molecule has 0 atom stereocenters. The zero-order valence-electron chi connectivity index (χ0n) is 8.59. The van der Waals surface area contributed by atoms with Crippen molar-refractivity contribution in [2.24, 2.45) is 11.1 Å². The van der Waals surface area contributed by atoms with E-state index in [1.54, 1.807) is 0 Å². The van der Waals surface area contributed by atoms with Gasteiger partial charge in [-0.1, -0.05) is 25.4 Å². The van der Waals surface area contributed by atoms with Gasteiger partial charge in [-0.3, -0.25) is 0 Å². The summed E-state index contributed by atoms with van der Waals surface area (Å²) in [7, 11) is 0. The van der Waals surface area contributed by atoms with Gasteiger partial charge in [0.1, 0.15) is 5.75 Å². The van der Waals surface area contributed by atoms with E-state index in [4.69, 9.17) is 22.1 Å². The molecule has 0 spiro atoms. The van der Waals surface area contributed by atoms with E-state index in [1.165, 1.54) is 0 Å². The lowest BCUT2D eigenvalue weighted by Gasteiger charge is -2.22. The Morgan fingerprint density at radius 3 is 2.36 bits per heavy atom. The van der Waals surface area contributed by atoms with Crippen molar-refractivity contribution in [1.29, 1.82) is 0 Å². The van der Waals surface area contributed by atoms with Gasteiger partial charge in [-0.2, -0.15) is 0 Å². The highest BCUT2D eigenvalue weighted by Crippen LogP contribution is 2.19. The zero-order valence-corrected chi connectivity index (χ0v) is 9.34.